The zero-order valence-electron chi connectivity index (χ0n) is 26.9. The number of amides is 2. The van der Waals surface area contributed by atoms with Gasteiger partial charge in [0.1, 0.15) is 11.5 Å². The summed E-state index contributed by atoms with van der Waals surface area (Å²) in [4.78, 5) is 52.5. The van der Waals surface area contributed by atoms with Crippen LogP contribution in [0.15, 0.2) is 97.1 Å². The number of carbonyl (C=O) groups excluding carboxylic acids is 4. The molecule has 0 aromatic heterocycles. The number of Topliss-reactive ketones (excluding diaryl/α,β-unsaturated/α-hetero) is 2. The predicted octanol–water partition coefficient (Wildman–Crippen LogP) is 5.86. The first-order valence-electron chi connectivity index (χ1n) is 16.0. The van der Waals surface area contributed by atoms with Crippen molar-refractivity contribution in [3.05, 3.63) is 119 Å². The summed E-state index contributed by atoms with van der Waals surface area (Å²) in [6.07, 6.45) is 4.57. The number of unbranched alkanes of at least 4 members (excludes halogenated alkanes) is 3. The van der Waals surface area contributed by atoms with Gasteiger partial charge in [0.25, 0.3) is 0 Å². The minimum atomic E-state index is -0.108. The van der Waals surface area contributed by atoms with Gasteiger partial charge in [0.2, 0.25) is 12.8 Å². The van der Waals surface area contributed by atoms with E-state index in [1.807, 2.05) is 60.7 Å². The Morgan fingerprint density at radius 3 is 1.33 bits per heavy atom. The van der Waals surface area contributed by atoms with E-state index in [-0.39, 0.29) is 47.5 Å². The van der Waals surface area contributed by atoms with Crippen LogP contribution >= 0.6 is 0 Å². The zero-order chi connectivity index (χ0) is 34.1. The van der Waals surface area contributed by atoms with E-state index in [4.69, 9.17) is 0 Å². The summed E-state index contributed by atoms with van der Waals surface area (Å²) in [6, 6.07) is 28.8. The summed E-state index contributed by atoms with van der Waals surface area (Å²) in [5, 5.41) is 24.8. The van der Waals surface area contributed by atoms with E-state index in [2.05, 4.69) is 20.4 Å². The molecule has 10 nitrogen and oxygen atoms in total. The number of hydrogen-bond acceptors (Lipinski definition) is 8. The van der Waals surface area contributed by atoms with Crippen molar-refractivity contribution in [1.29, 1.82) is 0 Å². The number of nitrogens with one attached hydrogen (secondary N) is 2. The lowest BCUT2D eigenvalue weighted by molar-refractivity contribution is -0.106. The highest BCUT2D eigenvalue weighted by Gasteiger charge is 2.17. The highest BCUT2D eigenvalue weighted by molar-refractivity contribution is 6.00. The number of benzene rings is 4. The molecule has 4 N–H and O–H groups in total. The smallest absolute Gasteiger partial charge is 0.211 e. The number of carbonyl (C=O) groups is 4. The highest BCUT2D eigenvalue weighted by Crippen LogP contribution is 2.25. The monoisotopic (exact) mass is 650 g/mol. The fourth-order valence-electron chi connectivity index (χ4n) is 5.50. The normalized spacial score (nSPS) is 11.0. The topological polar surface area (TPSA) is 139 Å². The van der Waals surface area contributed by atoms with Gasteiger partial charge >= 0.3 is 0 Å². The van der Waals surface area contributed by atoms with Gasteiger partial charge in [-0.3, -0.25) is 29.0 Å². The Labute approximate surface area is 281 Å². The fraction of sp³-hybridized carbons (Fsp3) is 0.263. The molecule has 0 unspecified atom stereocenters. The molecular formula is C38H42N4O6. The Morgan fingerprint density at radius 2 is 0.958 bits per heavy atom. The number of ketones is 2. The third kappa shape index (κ3) is 11.2. The molecule has 0 aliphatic carbocycles. The van der Waals surface area contributed by atoms with Crippen LogP contribution in [-0.2, 0) is 22.7 Å². The van der Waals surface area contributed by atoms with Crippen molar-refractivity contribution in [1.82, 2.24) is 9.80 Å². The van der Waals surface area contributed by atoms with Crippen LogP contribution in [0.4, 0.5) is 11.4 Å². The minimum absolute atomic E-state index is 0.104. The lowest BCUT2D eigenvalue weighted by atomic mass is 10.1. The van der Waals surface area contributed by atoms with Gasteiger partial charge in [0.15, 0.2) is 11.6 Å². The second-order valence-corrected chi connectivity index (χ2v) is 11.6. The van der Waals surface area contributed by atoms with Crippen molar-refractivity contribution in [2.75, 3.05) is 36.8 Å². The van der Waals surface area contributed by atoms with Crippen LogP contribution in [0.25, 0.3) is 0 Å². The Hall–Kier alpha value is -5.32. The first kappa shape index (κ1) is 35.5. The average molecular weight is 651 g/mol. The standard InChI is InChI=1S/C38H42N4O6/c43-27-39-33-21-31(15-17-35(33)45)37(47)25-41(23-29-11-5-3-6-12-29)19-9-1-2-10-20-42(24-30-13-7-4-8-14-30)26-38(48)32-16-18-36(46)34(22-32)40-28-44/h3-8,11-18,21-22,27-28,45-46H,1-2,9-10,19-20,23-26H2,(H,39,43)(H,40,44). The van der Waals surface area contributed by atoms with Gasteiger partial charge < -0.3 is 20.8 Å². The van der Waals surface area contributed by atoms with Gasteiger partial charge in [-0.05, 0) is 73.5 Å². The van der Waals surface area contributed by atoms with Crippen LogP contribution in [0.5, 0.6) is 11.5 Å². The van der Waals surface area contributed by atoms with Crippen molar-refractivity contribution in [3.8, 4) is 11.5 Å². The van der Waals surface area contributed by atoms with E-state index in [9.17, 15) is 29.4 Å². The molecule has 4 rings (SSSR count). The molecule has 0 saturated carbocycles. The molecule has 0 fully saturated rings. The second kappa shape index (κ2) is 18.7. The number of anilines is 2. The lowest BCUT2D eigenvalue weighted by Gasteiger charge is -2.23. The van der Waals surface area contributed by atoms with Crippen molar-refractivity contribution in [3.63, 3.8) is 0 Å². The van der Waals surface area contributed by atoms with Crippen LogP contribution in [0.2, 0.25) is 0 Å². The molecule has 0 heterocycles. The van der Waals surface area contributed by atoms with E-state index < -0.39 is 0 Å². The molecule has 0 atom stereocenters. The summed E-state index contributed by atoms with van der Waals surface area (Å²) < 4.78 is 0. The summed E-state index contributed by atoms with van der Waals surface area (Å²) in [5.74, 6) is -0.423. The van der Waals surface area contributed by atoms with E-state index >= 15 is 0 Å². The quantitative estimate of drug-likeness (QED) is 0.0381. The molecule has 0 spiro atoms. The zero-order valence-corrected chi connectivity index (χ0v) is 26.9. The molecule has 0 aliphatic rings. The van der Waals surface area contributed by atoms with Crippen LogP contribution in [0.3, 0.4) is 0 Å². The molecule has 4 aromatic carbocycles. The van der Waals surface area contributed by atoms with Gasteiger partial charge in [-0.2, -0.15) is 0 Å². The molecule has 10 heteroatoms. The van der Waals surface area contributed by atoms with E-state index in [0.29, 0.717) is 50.1 Å². The number of phenolic OH excluding ortho intramolecular Hbond substituents is 2. The Balaban J connectivity index is 1.33. The van der Waals surface area contributed by atoms with Crippen molar-refractivity contribution >= 4 is 35.8 Å². The number of aromatic hydroxyl groups is 2. The van der Waals surface area contributed by atoms with E-state index in [1.54, 1.807) is 12.1 Å². The third-order valence-corrected chi connectivity index (χ3v) is 8.00. The molecule has 2 amide bonds. The van der Waals surface area contributed by atoms with Gasteiger partial charge in [-0.25, -0.2) is 0 Å². The van der Waals surface area contributed by atoms with Crippen LogP contribution in [0, 0.1) is 0 Å². The van der Waals surface area contributed by atoms with Gasteiger partial charge in [0, 0.05) is 24.2 Å². The third-order valence-electron chi connectivity index (χ3n) is 8.00. The van der Waals surface area contributed by atoms with Gasteiger partial charge in [-0.15, -0.1) is 0 Å². The molecule has 0 aliphatic heterocycles. The van der Waals surface area contributed by atoms with Crippen LogP contribution in [-0.4, -0.2) is 70.6 Å². The Bertz CT molecular complexity index is 1530. The molecule has 0 radical (unpaired) electrons. The van der Waals surface area contributed by atoms with E-state index in [0.717, 1.165) is 36.8 Å². The van der Waals surface area contributed by atoms with Crippen molar-refractivity contribution in [2.45, 2.75) is 38.8 Å². The average Bonchev–Trinajstić information content (AvgIpc) is 3.09. The first-order chi connectivity index (χ1) is 23.4. The summed E-state index contributed by atoms with van der Waals surface area (Å²) >= 11 is 0. The molecule has 48 heavy (non-hydrogen) atoms. The molecule has 0 bridgehead atoms. The first-order valence-corrected chi connectivity index (χ1v) is 16.0. The lowest BCUT2D eigenvalue weighted by Crippen LogP contribution is -2.31. The maximum atomic E-state index is 13.2. The fourth-order valence-corrected chi connectivity index (χ4v) is 5.50. The van der Waals surface area contributed by atoms with Crippen molar-refractivity contribution < 1.29 is 29.4 Å². The summed E-state index contributed by atoms with van der Waals surface area (Å²) in [6.45, 7) is 3.02. The summed E-state index contributed by atoms with van der Waals surface area (Å²) in [7, 11) is 0. The van der Waals surface area contributed by atoms with E-state index in [1.165, 1.54) is 24.3 Å². The maximum absolute atomic E-state index is 13.2. The van der Waals surface area contributed by atoms with Crippen LogP contribution in [0.1, 0.15) is 57.5 Å². The Kier molecular flexibility index (Phi) is 13.9. The maximum Gasteiger partial charge on any atom is 0.211 e. The molecular weight excluding hydrogens is 608 g/mol. The predicted molar refractivity (Wildman–Crippen MR) is 186 cm³/mol. The molecule has 4 aromatic rings. The number of nitrogens with zero attached hydrogens (tertiary/aromatic N) is 2. The van der Waals surface area contributed by atoms with Gasteiger partial charge in [0.05, 0.1) is 24.5 Å². The SMILES string of the molecule is O=CNc1cc(C(=O)CN(CCCCCCN(CC(=O)c2ccc(O)c(NC=O)c2)Cc2ccccc2)Cc2ccccc2)ccc1O. The van der Waals surface area contributed by atoms with Crippen molar-refractivity contribution in [2.24, 2.45) is 0 Å². The number of phenols is 2. The van der Waals surface area contributed by atoms with Gasteiger partial charge in [-0.1, -0.05) is 73.5 Å². The minimum Gasteiger partial charge on any atom is -0.506 e. The largest absolute Gasteiger partial charge is 0.506 e. The molecule has 0 saturated heterocycles. The van der Waals surface area contributed by atoms with Crippen LogP contribution < -0.4 is 10.6 Å². The number of rotatable bonds is 21. The highest BCUT2D eigenvalue weighted by atomic mass is 16.3. The number of hydrogen-bond donors (Lipinski definition) is 4. The Morgan fingerprint density at radius 1 is 0.562 bits per heavy atom. The second-order valence-electron chi connectivity index (χ2n) is 11.6. The molecule has 250 valence electrons. The summed E-state index contributed by atoms with van der Waals surface area (Å²) in [5.41, 5.74) is 3.40.